The smallest absolute Gasteiger partial charge is 0.123 e. The standard InChI is InChI=1S/C26H38O4/c1-23(15-27)9-4-10-26(16-28)20(23)7-11-24(2)21(26)8-12-25(3)22(24)14-17-13-18(29)5-6-19(17)30-25/h5-6,13,20-22,27-29H,4,7-12,14-16H2,1-3H3/t20?,21?,22?,23-,24-,25+,26-/m1/s1. The average molecular weight is 415 g/mol. The Hall–Kier alpha value is -1.26. The van der Waals surface area contributed by atoms with Crippen LogP contribution in [0.5, 0.6) is 11.5 Å². The summed E-state index contributed by atoms with van der Waals surface area (Å²) >= 11 is 0. The molecule has 3 saturated carbocycles. The van der Waals surface area contributed by atoms with Crippen LogP contribution in [0, 0.1) is 34.0 Å². The van der Waals surface area contributed by atoms with E-state index in [1.54, 1.807) is 6.07 Å². The number of phenols is 1. The van der Waals surface area contributed by atoms with E-state index in [4.69, 9.17) is 4.74 Å². The summed E-state index contributed by atoms with van der Waals surface area (Å²) in [6.07, 6.45) is 8.44. The molecule has 1 heterocycles. The lowest BCUT2D eigenvalue weighted by Crippen LogP contribution is -2.66. The van der Waals surface area contributed by atoms with Gasteiger partial charge in [-0.25, -0.2) is 0 Å². The molecule has 1 aromatic rings. The molecule has 7 atom stereocenters. The minimum absolute atomic E-state index is 0.0789. The van der Waals surface area contributed by atoms with E-state index in [9.17, 15) is 15.3 Å². The molecule has 30 heavy (non-hydrogen) atoms. The van der Waals surface area contributed by atoms with Gasteiger partial charge >= 0.3 is 0 Å². The highest BCUT2D eigenvalue weighted by Crippen LogP contribution is 2.70. The number of benzene rings is 1. The second-order valence-corrected chi connectivity index (χ2v) is 11.7. The van der Waals surface area contributed by atoms with E-state index >= 15 is 0 Å². The second-order valence-electron chi connectivity index (χ2n) is 11.7. The first kappa shape index (κ1) is 20.6. The van der Waals surface area contributed by atoms with Gasteiger partial charge in [0.05, 0.1) is 0 Å². The third-order valence-corrected chi connectivity index (χ3v) is 10.3. The van der Waals surface area contributed by atoms with Crippen LogP contribution in [-0.4, -0.2) is 34.1 Å². The Morgan fingerprint density at radius 2 is 1.70 bits per heavy atom. The Kier molecular flexibility index (Phi) is 4.55. The van der Waals surface area contributed by atoms with Gasteiger partial charge in [-0.05, 0) is 98.3 Å². The summed E-state index contributed by atoms with van der Waals surface area (Å²) in [5.74, 6) is 2.42. The molecule has 0 amide bonds. The second kappa shape index (κ2) is 6.62. The van der Waals surface area contributed by atoms with Gasteiger partial charge < -0.3 is 20.1 Å². The van der Waals surface area contributed by atoms with Crippen molar-refractivity contribution in [2.45, 2.75) is 77.7 Å². The van der Waals surface area contributed by atoms with E-state index in [0.29, 0.717) is 23.5 Å². The van der Waals surface area contributed by atoms with Gasteiger partial charge in [-0.1, -0.05) is 20.3 Å². The van der Waals surface area contributed by atoms with E-state index < -0.39 is 0 Å². The summed E-state index contributed by atoms with van der Waals surface area (Å²) in [5, 5.41) is 31.2. The van der Waals surface area contributed by atoms with Gasteiger partial charge in [-0.3, -0.25) is 0 Å². The highest BCUT2D eigenvalue weighted by molar-refractivity contribution is 5.43. The number of rotatable bonds is 2. The van der Waals surface area contributed by atoms with E-state index in [2.05, 4.69) is 20.8 Å². The van der Waals surface area contributed by atoms with Crippen LogP contribution in [0.2, 0.25) is 0 Å². The maximum Gasteiger partial charge on any atom is 0.123 e. The average Bonchev–Trinajstić information content (AvgIpc) is 2.72. The molecule has 4 nitrogen and oxygen atoms in total. The predicted molar refractivity (Wildman–Crippen MR) is 116 cm³/mol. The van der Waals surface area contributed by atoms with Crippen LogP contribution in [-0.2, 0) is 6.42 Å². The van der Waals surface area contributed by atoms with Gasteiger partial charge in [0.2, 0.25) is 0 Å². The molecule has 4 aliphatic rings. The number of hydrogen-bond acceptors (Lipinski definition) is 4. The van der Waals surface area contributed by atoms with Crippen molar-refractivity contribution in [3.63, 3.8) is 0 Å². The van der Waals surface area contributed by atoms with Crippen molar-refractivity contribution in [1.29, 1.82) is 0 Å². The van der Waals surface area contributed by atoms with Crippen molar-refractivity contribution in [3.8, 4) is 11.5 Å². The Morgan fingerprint density at radius 1 is 0.933 bits per heavy atom. The summed E-state index contributed by atoms with van der Waals surface area (Å²) < 4.78 is 6.64. The zero-order valence-corrected chi connectivity index (χ0v) is 18.8. The van der Waals surface area contributed by atoms with Gasteiger partial charge in [0, 0.05) is 24.5 Å². The lowest BCUT2D eigenvalue weighted by atomic mass is 9.37. The summed E-state index contributed by atoms with van der Waals surface area (Å²) in [5.41, 5.74) is 0.827. The molecule has 0 spiro atoms. The number of ether oxygens (including phenoxy) is 1. The Morgan fingerprint density at radius 3 is 2.43 bits per heavy atom. The van der Waals surface area contributed by atoms with Crippen LogP contribution >= 0.6 is 0 Å². The number of aromatic hydroxyl groups is 1. The summed E-state index contributed by atoms with van der Waals surface area (Å²) in [4.78, 5) is 0. The largest absolute Gasteiger partial charge is 0.508 e. The first-order valence-corrected chi connectivity index (χ1v) is 11.9. The van der Waals surface area contributed by atoms with Gasteiger partial charge in [-0.15, -0.1) is 0 Å². The van der Waals surface area contributed by atoms with E-state index in [1.165, 1.54) is 0 Å². The topological polar surface area (TPSA) is 69.9 Å². The minimum atomic E-state index is -0.201. The maximum atomic E-state index is 10.9. The number of hydrogen-bond donors (Lipinski definition) is 3. The highest BCUT2D eigenvalue weighted by Gasteiger charge is 2.67. The molecule has 0 bridgehead atoms. The summed E-state index contributed by atoms with van der Waals surface area (Å²) in [6.45, 7) is 7.44. The lowest BCUT2D eigenvalue weighted by Gasteiger charge is -2.69. The van der Waals surface area contributed by atoms with Crippen molar-refractivity contribution < 1.29 is 20.1 Å². The van der Waals surface area contributed by atoms with Gasteiger partial charge in [-0.2, -0.15) is 0 Å². The van der Waals surface area contributed by atoms with Gasteiger partial charge in [0.1, 0.15) is 17.1 Å². The van der Waals surface area contributed by atoms with Gasteiger partial charge in [0.25, 0.3) is 0 Å². The molecule has 4 heteroatoms. The molecule has 0 radical (unpaired) electrons. The van der Waals surface area contributed by atoms with Crippen molar-refractivity contribution in [1.82, 2.24) is 0 Å². The minimum Gasteiger partial charge on any atom is -0.508 e. The van der Waals surface area contributed by atoms with Crippen LogP contribution in [0.3, 0.4) is 0 Å². The molecule has 166 valence electrons. The van der Waals surface area contributed by atoms with Crippen molar-refractivity contribution in [2.75, 3.05) is 13.2 Å². The summed E-state index contributed by atoms with van der Waals surface area (Å²) in [7, 11) is 0. The van der Waals surface area contributed by atoms with Crippen molar-refractivity contribution >= 4 is 0 Å². The van der Waals surface area contributed by atoms with Crippen molar-refractivity contribution in [2.24, 2.45) is 34.0 Å². The Labute approximate surface area is 180 Å². The summed E-state index contributed by atoms with van der Waals surface area (Å²) in [6, 6.07) is 5.51. The number of fused-ring (bicyclic) bond motifs is 6. The fraction of sp³-hybridized carbons (Fsp3) is 0.769. The van der Waals surface area contributed by atoms with Crippen LogP contribution < -0.4 is 4.74 Å². The molecule has 3 aliphatic carbocycles. The molecular formula is C26H38O4. The van der Waals surface area contributed by atoms with E-state index in [-0.39, 0.29) is 35.1 Å². The van der Waals surface area contributed by atoms with E-state index in [1.807, 2.05) is 12.1 Å². The zero-order chi connectivity index (χ0) is 21.4. The number of phenolic OH excluding ortho intramolecular Hbond substituents is 1. The normalized spacial score (nSPS) is 47.3. The molecule has 3 N–H and O–H groups in total. The lowest BCUT2D eigenvalue weighted by molar-refractivity contribution is -0.229. The Bertz CT molecular complexity index is 838. The fourth-order valence-corrected chi connectivity index (χ4v) is 8.90. The molecule has 1 aromatic carbocycles. The van der Waals surface area contributed by atoms with Crippen LogP contribution in [0.1, 0.15) is 71.3 Å². The molecule has 0 aromatic heterocycles. The maximum absolute atomic E-state index is 10.9. The number of aliphatic hydroxyl groups excluding tert-OH is 2. The SMILES string of the molecule is C[C@]1(CO)CCC[C@@]2(CO)C1CC[C@]1(C)C2CC[C@]2(C)Oc3ccc(O)cc3CC12. The third-order valence-electron chi connectivity index (χ3n) is 10.3. The molecule has 3 unspecified atom stereocenters. The third kappa shape index (κ3) is 2.59. The zero-order valence-electron chi connectivity index (χ0n) is 18.8. The van der Waals surface area contributed by atoms with Gasteiger partial charge in [0.15, 0.2) is 0 Å². The quantitative estimate of drug-likeness (QED) is 0.657. The fourth-order valence-electron chi connectivity index (χ4n) is 8.90. The first-order valence-electron chi connectivity index (χ1n) is 11.9. The molecular weight excluding hydrogens is 376 g/mol. The van der Waals surface area contributed by atoms with Crippen molar-refractivity contribution in [3.05, 3.63) is 23.8 Å². The molecule has 1 aliphatic heterocycles. The highest BCUT2D eigenvalue weighted by atomic mass is 16.5. The molecule has 5 rings (SSSR count). The van der Waals surface area contributed by atoms with E-state index in [0.717, 1.165) is 62.7 Å². The van der Waals surface area contributed by atoms with Crippen LogP contribution in [0.25, 0.3) is 0 Å². The molecule has 0 saturated heterocycles. The first-order chi connectivity index (χ1) is 14.2. The monoisotopic (exact) mass is 414 g/mol. The van der Waals surface area contributed by atoms with Crippen LogP contribution in [0.4, 0.5) is 0 Å². The Balaban J connectivity index is 1.57. The van der Waals surface area contributed by atoms with Crippen LogP contribution in [0.15, 0.2) is 18.2 Å². The molecule has 3 fully saturated rings. The predicted octanol–water partition coefficient (Wildman–Crippen LogP) is 4.69. The number of aliphatic hydroxyl groups is 2.